The number of amides is 3. The maximum Gasteiger partial charge on any atom is 0.410 e. The van der Waals surface area contributed by atoms with Crippen molar-refractivity contribution >= 4 is 35.3 Å². The van der Waals surface area contributed by atoms with Crippen LogP contribution in [0, 0.1) is 11.8 Å². The molecule has 1 aromatic carbocycles. The fraction of sp³-hybridized carbons (Fsp3) is 0.615. The Labute approximate surface area is 211 Å². The van der Waals surface area contributed by atoms with Gasteiger partial charge in [-0.15, -0.1) is 0 Å². The largest absolute Gasteiger partial charge is 0.481 e. The molecule has 0 bridgehead atoms. The number of piperidine rings is 1. The van der Waals surface area contributed by atoms with Crippen LogP contribution in [0.2, 0.25) is 0 Å². The van der Waals surface area contributed by atoms with E-state index in [0.29, 0.717) is 17.1 Å². The predicted molar refractivity (Wildman–Crippen MR) is 132 cm³/mol. The van der Waals surface area contributed by atoms with Gasteiger partial charge in [0, 0.05) is 31.9 Å². The van der Waals surface area contributed by atoms with Crippen molar-refractivity contribution in [1.82, 2.24) is 4.90 Å². The zero-order valence-corrected chi connectivity index (χ0v) is 21.7. The highest BCUT2D eigenvalue weighted by Gasteiger charge is 2.44. The monoisotopic (exact) mass is 501 g/mol. The van der Waals surface area contributed by atoms with E-state index in [1.54, 1.807) is 64.8 Å². The lowest BCUT2D eigenvalue weighted by molar-refractivity contribution is -0.145. The topological polar surface area (TPSA) is 117 Å². The highest BCUT2D eigenvalue weighted by Crippen LogP contribution is 2.42. The van der Waals surface area contributed by atoms with E-state index in [1.807, 2.05) is 0 Å². The Hall–Kier alpha value is -3.30. The molecule has 2 heterocycles. The molecule has 10 heteroatoms. The van der Waals surface area contributed by atoms with Gasteiger partial charge >= 0.3 is 12.1 Å². The number of carboxylic acid groups (broad SMARTS) is 1. The minimum Gasteiger partial charge on any atom is -0.481 e. The summed E-state index contributed by atoms with van der Waals surface area (Å²) in [4.78, 5) is 55.8. The van der Waals surface area contributed by atoms with Gasteiger partial charge in [-0.25, -0.2) is 4.79 Å². The average molecular weight is 502 g/mol. The first-order valence-corrected chi connectivity index (χ1v) is 12.3. The van der Waals surface area contributed by atoms with Crippen LogP contribution < -0.4 is 14.5 Å². The molecule has 1 saturated carbocycles. The molecule has 196 valence electrons. The van der Waals surface area contributed by atoms with Crippen molar-refractivity contribution in [3.63, 3.8) is 0 Å². The second-order valence-electron chi connectivity index (χ2n) is 11.4. The summed E-state index contributed by atoms with van der Waals surface area (Å²) >= 11 is 0. The van der Waals surface area contributed by atoms with Gasteiger partial charge in [0.15, 0.2) is 5.60 Å². The van der Waals surface area contributed by atoms with Crippen molar-refractivity contribution in [3.8, 4) is 5.75 Å². The van der Waals surface area contributed by atoms with E-state index < -0.39 is 35.1 Å². The molecular weight excluding hydrogens is 466 g/mol. The van der Waals surface area contributed by atoms with Crippen molar-refractivity contribution < 1.29 is 33.8 Å². The molecule has 4 rings (SSSR count). The Morgan fingerprint density at radius 2 is 1.78 bits per heavy atom. The summed E-state index contributed by atoms with van der Waals surface area (Å²) in [6, 6.07) is 5.30. The third kappa shape index (κ3) is 5.12. The second kappa shape index (κ2) is 8.97. The third-order valence-electron chi connectivity index (χ3n) is 6.72. The molecule has 2 aliphatic heterocycles. The van der Waals surface area contributed by atoms with Crippen molar-refractivity contribution in [2.75, 3.05) is 29.9 Å². The maximum atomic E-state index is 13.9. The standard InChI is InChI=1S/C26H35N3O7/c1-25(2,3)36-24(34)28-13-15(11-16(14-28)22(31)32)21(30)29(17-7-8-17)18-9-10-20-19(12-18)27(6)23(33)26(4,5)35-20/h9-10,12,15-17H,7-8,11,13-14H2,1-6H3,(H,31,32)/t15-,16+/m1/s1. The van der Waals surface area contributed by atoms with Gasteiger partial charge in [0.1, 0.15) is 11.4 Å². The first-order chi connectivity index (χ1) is 16.7. The molecule has 0 aromatic heterocycles. The van der Waals surface area contributed by atoms with E-state index in [4.69, 9.17) is 9.47 Å². The number of benzene rings is 1. The zero-order valence-electron chi connectivity index (χ0n) is 21.7. The van der Waals surface area contributed by atoms with Crippen LogP contribution in [-0.4, -0.2) is 71.3 Å². The molecule has 10 nitrogen and oxygen atoms in total. The SMILES string of the molecule is CN1C(=O)C(C)(C)Oc2ccc(N(C(=O)[C@@H]3C[C@H](C(=O)O)CN(C(=O)OC(C)(C)C)C3)C3CC3)cc21. The Morgan fingerprint density at radius 1 is 1.14 bits per heavy atom. The number of anilines is 2. The molecule has 3 aliphatic rings. The number of likely N-dealkylation sites (tertiary alicyclic amines) is 1. The van der Waals surface area contributed by atoms with Gasteiger partial charge in [0.05, 0.1) is 17.5 Å². The molecule has 0 radical (unpaired) electrons. The van der Waals surface area contributed by atoms with Crippen molar-refractivity contribution in [1.29, 1.82) is 0 Å². The van der Waals surface area contributed by atoms with E-state index in [-0.39, 0.29) is 37.4 Å². The van der Waals surface area contributed by atoms with Crippen LogP contribution in [0.1, 0.15) is 53.9 Å². The van der Waals surface area contributed by atoms with Gasteiger partial charge in [0.25, 0.3) is 5.91 Å². The van der Waals surface area contributed by atoms with Crippen molar-refractivity contribution in [2.24, 2.45) is 11.8 Å². The Kier molecular flexibility index (Phi) is 6.43. The lowest BCUT2D eigenvalue weighted by Gasteiger charge is -2.39. The number of aliphatic carboxylic acids is 1. The summed E-state index contributed by atoms with van der Waals surface area (Å²) in [5, 5.41) is 9.72. The zero-order chi connectivity index (χ0) is 26.6. The highest BCUT2D eigenvalue weighted by molar-refractivity contribution is 6.03. The number of rotatable bonds is 4. The summed E-state index contributed by atoms with van der Waals surface area (Å²) in [5.74, 6) is -2.49. The Bertz CT molecular complexity index is 1090. The van der Waals surface area contributed by atoms with Crippen LogP contribution in [0.5, 0.6) is 5.75 Å². The number of likely N-dealkylation sites (N-methyl/N-ethyl adjacent to an activating group) is 1. The van der Waals surface area contributed by atoms with Gasteiger partial charge in [-0.1, -0.05) is 0 Å². The summed E-state index contributed by atoms with van der Waals surface area (Å²) in [5.41, 5.74) is -0.548. The van der Waals surface area contributed by atoms with Crippen LogP contribution in [0.4, 0.5) is 16.2 Å². The van der Waals surface area contributed by atoms with Crippen LogP contribution in [0.15, 0.2) is 18.2 Å². The molecule has 2 fully saturated rings. The quantitative estimate of drug-likeness (QED) is 0.673. The Balaban J connectivity index is 1.62. The van der Waals surface area contributed by atoms with Crippen LogP contribution in [0.3, 0.4) is 0 Å². The number of ether oxygens (including phenoxy) is 2. The summed E-state index contributed by atoms with van der Waals surface area (Å²) in [6.07, 6.45) is 1.16. The van der Waals surface area contributed by atoms with Crippen molar-refractivity contribution in [2.45, 2.75) is 71.1 Å². The maximum absolute atomic E-state index is 13.9. The fourth-order valence-electron chi connectivity index (χ4n) is 4.82. The van der Waals surface area contributed by atoms with Gasteiger partial charge in [-0.2, -0.15) is 0 Å². The summed E-state index contributed by atoms with van der Waals surface area (Å²) < 4.78 is 11.3. The molecule has 0 unspecified atom stereocenters. The smallest absolute Gasteiger partial charge is 0.410 e. The molecule has 3 amide bonds. The minimum atomic E-state index is -1.05. The van der Waals surface area contributed by atoms with Gasteiger partial charge in [0.2, 0.25) is 5.91 Å². The molecule has 1 saturated heterocycles. The molecule has 36 heavy (non-hydrogen) atoms. The second-order valence-corrected chi connectivity index (χ2v) is 11.4. The third-order valence-corrected chi connectivity index (χ3v) is 6.72. The van der Waals surface area contributed by atoms with E-state index >= 15 is 0 Å². The number of carboxylic acids is 1. The number of hydrogen-bond acceptors (Lipinski definition) is 6. The summed E-state index contributed by atoms with van der Waals surface area (Å²) in [6.45, 7) is 8.72. The van der Waals surface area contributed by atoms with Gasteiger partial charge < -0.3 is 29.3 Å². The first-order valence-electron chi connectivity index (χ1n) is 12.3. The highest BCUT2D eigenvalue weighted by atomic mass is 16.6. The number of hydrogen-bond donors (Lipinski definition) is 1. The lowest BCUT2D eigenvalue weighted by atomic mass is 9.88. The Morgan fingerprint density at radius 3 is 2.36 bits per heavy atom. The van der Waals surface area contributed by atoms with E-state index in [1.165, 1.54) is 9.80 Å². The van der Waals surface area contributed by atoms with Crippen LogP contribution in [-0.2, 0) is 19.1 Å². The molecule has 1 N–H and O–H groups in total. The van der Waals surface area contributed by atoms with Gasteiger partial charge in [-0.3, -0.25) is 14.4 Å². The minimum absolute atomic E-state index is 0.00364. The number of carbonyl (C=O) groups is 4. The molecule has 1 aliphatic carbocycles. The number of nitrogens with zero attached hydrogens (tertiary/aromatic N) is 3. The molecule has 0 spiro atoms. The molecule has 2 atom stereocenters. The molecular formula is C26H35N3O7. The normalized spacial score (nSPS) is 23.4. The van der Waals surface area contributed by atoms with E-state index in [9.17, 15) is 24.3 Å². The fourth-order valence-corrected chi connectivity index (χ4v) is 4.82. The van der Waals surface area contributed by atoms with Crippen LogP contribution >= 0.6 is 0 Å². The van der Waals surface area contributed by atoms with Crippen molar-refractivity contribution in [3.05, 3.63) is 18.2 Å². The first kappa shape index (κ1) is 25.8. The van der Waals surface area contributed by atoms with E-state index in [2.05, 4.69) is 0 Å². The number of fused-ring (bicyclic) bond motifs is 1. The van der Waals surface area contributed by atoms with E-state index in [0.717, 1.165) is 12.8 Å². The average Bonchev–Trinajstić information content (AvgIpc) is 3.61. The molecule has 1 aromatic rings. The number of carbonyl (C=O) groups excluding carboxylic acids is 3. The van der Waals surface area contributed by atoms with Gasteiger partial charge in [-0.05, 0) is 72.1 Å². The van der Waals surface area contributed by atoms with Crippen LogP contribution in [0.25, 0.3) is 0 Å². The predicted octanol–water partition coefficient (Wildman–Crippen LogP) is 3.27. The lowest BCUT2D eigenvalue weighted by Crippen LogP contribution is -2.52. The summed E-state index contributed by atoms with van der Waals surface area (Å²) in [7, 11) is 1.68.